The number of anilines is 2. The van der Waals surface area contributed by atoms with E-state index in [0.717, 1.165) is 5.56 Å². The van der Waals surface area contributed by atoms with Gasteiger partial charge in [0.1, 0.15) is 0 Å². The van der Waals surface area contributed by atoms with Crippen molar-refractivity contribution in [3.63, 3.8) is 0 Å². The molecule has 1 aliphatic heterocycles. The van der Waals surface area contributed by atoms with E-state index in [1.165, 1.54) is 0 Å². The molecule has 1 unspecified atom stereocenters. The zero-order valence-electron chi connectivity index (χ0n) is 16.4. The van der Waals surface area contributed by atoms with Gasteiger partial charge in [-0.05, 0) is 35.9 Å². The van der Waals surface area contributed by atoms with Gasteiger partial charge in [-0.3, -0.25) is 9.59 Å². The Morgan fingerprint density at radius 2 is 1.63 bits per heavy atom. The van der Waals surface area contributed by atoms with E-state index < -0.39 is 0 Å². The smallest absolute Gasteiger partial charge is 0.259 e. The molecule has 0 bridgehead atoms. The fourth-order valence-corrected chi connectivity index (χ4v) is 4.05. The summed E-state index contributed by atoms with van der Waals surface area (Å²) in [5, 5.41) is 0.756. The van der Waals surface area contributed by atoms with Crippen LogP contribution in [-0.2, 0) is 11.3 Å². The maximum absolute atomic E-state index is 13.5. The second kappa shape index (κ2) is 8.50. The highest BCUT2D eigenvalue weighted by atomic mass is 35.5. The van der Waals surface area contributed by atoms with E-state index in [2.05, 4.69) is 0 Å². The average Bonchev–Trinajstić information content (AvgIpc) is 2.86. The van der Waals surface area contributed by atoms with Gasteiger partial charge in [0.25, 0.3) is 5.91 Å². The molecule has 6 heteroatoms. The number of halogens is 2. The Hall–Kier alpha value is -2.82. The lowest BCUT2D eigenvalue weighted by atomic mass is 10.1. The molecule has 0 radical (unpaired) electrons. The van der Waals surface area contributed by atoms with Crippen LogP contribution in [-0.4, -0.2) is 18.4 Å². The molecule has 0 fully saturated rings. The fourth-order valence-electron chi connectivity index (χ4n) is 3.68. The third-order valence-corrected chi connectivity index (χ3v) is 5.76. The minimum atomic E-state index is -0.386. The van der Waals surface area contributed by atoms with Gasteiger partial charge in [0.2, 0.25) is 5.91 Å². The van der Waals surface area contributed by atoms with Crippen LogP contribution in [0, 0.1) is 5.92 Å². The lowest BCUT2D eigenvalue weighted by molar-refractivity contribution is -0.121. The van der Waals surface area contributed by atoms with Crippen molar-refractivity contribution in [2.75, 3.05) is 16.3 Å². The number of para-hydroxylation sites is 2. The molecular formula is C24H20Cl2N2O2. The first-order valence-corrected chi connectivity index (χ1v) is 10.4. The zero-order chi connectivity index (χ0) is 21.3. The number of carbonyl (C=O) groups is 2. The van der Waals surface area contributed by atoms with Crippen LogP contribution in [0.3, 0.4) is 0 Å². The Kier molecular flexibility index (Phi) is 5.80. The van der Waals surface area contributed by atoms with Crippen molar-refractivity contribution < 1.29 is 9.59 Å². The molecule has 0 saturated carbocycles. The van der Waals surface area contributed by atoms with E-state index in [-0.39, 0.29) is 24.3 Å². The summed E-state index contributed by atoms with van der Waals surface area (Å²) in [5.74, 6) is -0.696. The summed E-state index contributed by atoms with van der Waals surface area (Å²) >= 11 is 12.4. The molecule has 1 heterocycles. The molecule has 4 rings (SSSR count). The van der Waals surface area contributed by atoms with Crippen LogP contribution in [0.15, 0.2) is 72.8 Å². The van der Waals surface area contributed by atoms with Crippen LogP contribution >= 0.6 is 23.2 Å². The van der Waals surface area contributed by atoms with Gasteiger partial charge in [0.05, 0.1) is 34.4 Å². The number of fused-ring (bicyclic) bond motifs is 1. The molecule has 0 saturated heterocycles. The van der Waals surface area contributed by atoms with Crippen LogP contribution < -0.4 is 9.80 Å². The highest BCUT2D eigenvalue weighted by Crippen LogP contribution is 2.36. The van der Waals surface area contributed by atoms with Crippen LogP contribution in [0.1, 0.15) is 22.8 Å². The number of benzene rings is 3. The number of rotatable bonds is 3. The minimum absolute atomic E-state index is 0.0289. The second-order valence-electron chi connectivity index (χ2n) is 7.34. The van der Waals surface area contributed by atoms with Crippen LogP contribution in [0.4, 0.5) is 11.4 Å². The predicted molar refractivity (Wildman–Crippen MR) is 121 cm³/mol. The topological polar surface area (TPSA) is 40.6 Å². The predicted octanol–water partition coefficient (Wildman–Crippen LogP) is 5.82. The average molecular weight is 439 g/mol. The summed E-state index contributed by atoms with van der Waals surface area (Å²) in [7, 11) is 0. The summed E-state index contributed by atoms with van der Waals surface area (Å²) in [6.45, 7) is 2.52. The molecule has 3 aromatic rings. The number of amides is 2. The third kappa shape index (κ3) is 3.93. The van der Waals surface area contributed by atoms with Crippen LogP contribution in [0.5, 0.6) is 0 Å². The SMILES string of the molecule is CC1CN(C(=O)c2cc(Cl)ccc2Cl)c2ccccc2N(Cc2ccccc2)C1=O. The van der Waals surface area contributed by atoms with Crippen molar-refractivity contribution in [2.24, 2.45) is 5.92 Å². The van der Waals surface area contributed by atoms with E-state index in [4.69, 9.17) is 23.2 Å². The Labute approximate surface area is 185 Å². The molecule has 0 aromatic heterocycles. The molecule has 0 spiro atoms. The molecule has 0 aliphatic carbocycles. The normalized spacial score (nSPS) is 16.2. The van der Waals surface area contributed by atoms with E-state index in [1.54, 1.807) is 28.0 Å². The summed E-state index contributed by atoms with van der Waals surface area (Å²) in [5.41, 5.74) is 2.70. The van der Waals surface area contributed by atoms with Gasteiger partial charge in [-0.25, -0.2) is 0 Å². The molecule has 1 aliphatic rings. The standard InChI is InChI=1S/C24H20Cl2N2O2/c1-16-14-27(24(30)19-13-18(25)11-12-20(19)26)21-9-5-6-10-22(21)28(23(16)29)15-17-7-3-2-4-8-17/h2-13,16H,14-15H2,1H3. The summed E-state index contributed by atoms with van der Waals surface area (Å²) in [4.78, 5) is 30.1. The van der Waals surface area contributed by atoms with Crippen molar-refractivity contribution in [3.05, 3.63) is 94.0 Å². The van der Waals surface area contributed by atoms with E-state index >= 15 is 0 Å². The Morgan fingerprint density at radius 3 is 2.37 bits per heavy atom. The Balaban J connectivity index is 1.79. The molecule has 0 N–H and O–H groups in total. The quantitative estimate of drug-likeness (QED) is 0.516. The molecule has 3 aromatic carbocycles. The molecule has 1 atom stereocenters. The van der Waals surface area contributed by atoms with E-state index in [1.807, 2.05) is 61.5 Å². The van der Waals surface area contributed by atoms with Crippen molar-refractivity contribution >= 4 is 46.4 Å². The molecule has 2 amide bonds. The van der Waals surface area contributed by atoms with Gasteiger partial charge in [-0.2, -0.15) is 0 Å². The van der Waals surface area contributed by atoms with Crippen LogP contribution in [0.2, 0.25) is 10.0 Å². The summed E-state index contributed by atoms with van der Waals surface area (Å²) < 4.78 is 0. The highest BCUT2D eigenvalue weighted by molar-refractivity contribution is 6.36. The monoisotopic (exact) mass is 438 g/mol. The molecular weight excluding hydrogens is 419 g/mol. The largest absolute Gasteiger partial charge is 0.306 e. The maximum Gasteiger partial charge on any atom is 0.259 e. The van der Waals surface area contributed by atoms with Gasteiger partial charge >= 0.3 is 0 Å². The summed E-state index contributed by atoms with van der Waals surface area (Å²) in [6.07, 6.45) is 0. The fraction of sp³-hybridized carbons (Fsp3) is 0.167. The number of carbonyl (C=O) groups excluding carboxylic acids is 2. The summed E-state index contributed by atoms with van der Waals surface area (Å²) in [6, 6.07) is 22.1. The molecule has 30 heavy (non-hydrogen) atoms. The first-order valence-electron chi connectivity index (χ1n) is 9.67. The van der Waals surface area contributed by atoms with Gasteiger partial charge in [-0.15, -0.1) is 0 Å². The highest BCUT2D eigenvalue weighted by Gasteiger charge is 2.34. The minimum Gasteiger partial charge on any atom is -0.306 e. The first-order chi connectivity index (χ1) is 14.5. The lowest BCUT2D eigenvalue weighted by Gasteiger charge is -2.26. The maximum atomic E-state index is 13.5. The van der Waals surface area contributed by atoms with Crippen LogP contribution in [0.25, 0.3) is 0 Å². The second-order valence-corrected chi connectivity index (χ2v) is 8.18. The van der Waals surface area contributed by atoms with Crippen molar-refractivity contribution in [3.8, 4) is 0 Å². The lowest BCUT2D eigenvalue weighted by Crippen LogP contribution is -2.38. The van der Waals surface area contributed by atoms with Gasteiger partial charge in [0, 0.05) is 11.6 Å². The van der Waals surface area contributed by atoms with Crippen molar-refractivity contribution in [1.82, 2.24) is 0 Å². The van der Waals surface area contributed by atoms with Crippen molar-refractivity contribution in [1.29, 1.82) is 0 Å². The Morgan fingerprint density at radius 1 is 0.967 bits per heavy atom. The van der Waals surface area contributed by atoms with Crippen molar-refractivity contribution in [2.45, 2.75) is 13.5 Å². The third-order valence-electron chi connectivity index (χ3n) is 5.19. The van der Waals surface area contributed by atoms with E-state index in [0.29, 0.717) is 33.5 Å². The zero-order valence-corrected chi connectivity index (χ0v) is 17.9. The molecule has 152 valence electrons. The Bertz CT molecular complexity index is 1100. The van der Waals surface area contributed by atoms with Gasteiger partial charge in [-0.1, -0.05) is 72.6 Å². The van der Waals surface area contributed by atoms with Gasteiger partial charge < -0.3 is 9.80 Å². The number of hydrogen-bond acceptors (Lipinski definition) is 2. The number of nitrogens with zero attached hydrogens (tertiary/aromatic N) is 2. The van der Waals surface area contributed by atoms with Gasteiger partial charge in [0.15, 0.2) is 0 Å². The van der Waals surface area contributed by atoms with E-state index in [9.17, 15) is 9.59 Å². The first kappa shape index (κ1) is 20.5. The number of hydrogen-bond donors (Lipinski definition) is 0. The molecule has 4 nitrogen and oxygen atoms in total.